The molecule has 0 atom stereocenters. The lowest BCUT2D eigenvalue weighted by Crippen LogP contribution is -2.27. The van der Waals surface area contributed by atoms with Crippen molar-refractivity contribution in [1.29, 1.82) is 0 Å². The van der Waals surface area contributed by atoms with E-state index in [1.54, 1.807) is 30.3 Å². The van der Waals surface area contributed by atoms with Crippen LogP contribution in [0.15, 0.2) is 53.3 Å². The first-order valence-corrected chi connectivity index (χ1v) is 9.78. The maximum atomic E-state index is 12.6. The van der Waals surface area contributed by atoms with Gasteiger partial charge in [-0.15, -0.1) is 0 Å². The van der Waals surface area contributed by atoms with E-state index in [4.69, 9.17) is 21.1 Å². The van der Waals surface area contributed by atoms with Gasteiger partial charge in [0.25, 0.3) is 11.5 Å². The number of pyridine rings is 1. The summed E-state index contributed by atoms with van der Waals surface area (Å²) >= 11 is 5.89. The first kappa shape index (κ1) is 21.5. The zero-order valence-electron chi connectivity index (χ0n) is 17.0. The minimum absolute atomic E-state index is 0.136. The van der Waals surface area contributed by atoms with Gasteiger partial charge in [-0.05, 0) is 61.4 Å². The van der Waals surface area contributed by atoms with Crippen LogP contribution in [-0.4, -0.2) is 18.0 Å². The van der Waals surface area contributed by atoms with Gasteiger partial charge in [-0.2, -0.15) is 0 Å². The lowest BCUT2D eigenvalue weighted by Gasteiger charge is -2.13. The summed E-state index contributed by atoms with van der Waals surface area (Å²) in [6.07, 6.45) is 0. The Morgan fingerprint density at radius 3 is 2.47 bits per heavy atom. The van der Waals surface area contributed by atoms with Crippen LogP contribution in [0.2, 0.25) is 5.02 Å². The lowest BCUT2D eigenvalue weighted by molar-refractivity contribution is 0.0950. The summed E-state index contributed by atoms with van der Waals surface area (Å²) in [7, 11) is 1.52. The van der Waals surface area contributed by atoms with Crippen LogP contribution in [0.5, 0.6) is 11.5 Å². The van der Waals surface area contributed by atoms with Gasteiger partial charge >= 0.3 is 0 Å². The minimum Gasteiger partial charge on any atom is -0.493 e. The normalized spacial score (nSPS) is 10.5. The number of carbonyl (C=O) groups excluding carboxylic acids is 1. The number of aryl methyl sites for hydroxylation is 2. The van der Waals surface area contributed by atoms with Crippen molar-refractivity contribution in [2.24, 2.45) is 0 Å². The highest BCUT2D eigenvalue weighted by Gasteiger charge is 2.13. The van der Waals surface area contributed by atoms with Crippen LogP contribution in [0.4, 0.5) is 0 Å². The molecule has 0 aliphatic rings. The van der Waals surface area contributed by atoms with Crippen molar-refractivity contribution in [3.05, 3.63) is 91.9 Å². The fourth-order valence-corrected chi connectivity index (χ4v) is 3.17. The van der Waals surface area contributed by atoms with Crippen LogP contribution >= 0.6 is 11.6 Å². The standard InChI is InChI=1S/C23H23ClN2O4/c1-14-10-15(2)26-23(28)19(14)12-25-22(27)17-6-9-20(21(11-17)29-3)30-13-16-4-7-18(24)8-5-16/h4-11H,12-13H2,1-3H3,(H,25,27)(H,26,28). The lowest BCUT2D eigenvalue weighted by atomic mass is 10.1. The molecule has 0 bridgehead atoms. The number of hydrogen-bond donors (Lipinski definition) is 2. The number of methoxy groups -OCH3 is 1. The molecule has 156 valence electrons. The third-order valence-electron chi connectivity index (χ3n) is 4.65. The van der Waals surface area contributed by atoms with Gasteiger partial charge in [-0.1, -0.05) is 23.7 Å². The van der Waals surface area contributed by atoms with Crippen molar-refractivity contribution in [2.75, 3.05) is 7.11 Å². The number of nitrogens with one attached hydrogen (secondary N) is 2. The average Bonchev–Trinajstić information content (AvgIpc) is 2.72. The Labute approximate surface area is 179 Å². The van der Waals surface area contributed by atoms with E-state index < -0.39 is 0 Å². The van der Waals surface area contributed by atoms with E-state index in [1.807, 2.05) is 32.0 Å². The van der Waals surface area contributed by atoms with Gasteiger partial charge in [0.2, 0.25) is 0 Å². The number of aromatic nitrogens is 1. The maximum absolute atomic E-state index is 12.6. The Morgan fingerprint density at radius 2 is 1.80 bits per heavy atom. The molecule has 30 heavy (non-hydrogen) atoms. The fraction of sp³-hybridized carbons (Fsp3) is 0.217. The topological polar surface area (TPSA) is 80.4 Å². The Balaban J connectivity index is 1.68. The molecule has 1 heterocycles. The van der Waals surface area contributed by atoms with Crippen molar-refractivity contribution >= 4 is 17.5 Å². The number of amides is 1. The predicted molar refractivity (Wildman–Crippen MR) is 116 cm³/mol. The van der Waals surface area contributed by atoms with E-state index in [0.717, 1.165) is 16.8 Å². The maximum Gasteiger partial charge on any atom is 0.253 e. The molecule has 1 amide bonds. The number of hydrogen-bond acceptors (Lipinski definition) is 4. The third-order valence-corrected chi connectivity index (χ3v) is 4.90. The molecule has 0 unspecified atom stereocenters. The van der Waals surface area contributed by atoms with Gasteiger partial charge in [0.1, 0.15) is 6.61 Å². The van der Waals surface area contributed by atoms with E-state index in [0.29, 0.717) is 34.3 Å². The summed E-state index contributed by atoms with van der Waals surface area (Å²) in [6.45, 7) is 4.14. The number of aromatic amines is 1. The van der Waals surface area contributed by atoms with E-state index >= 15 is 0 Å². The Bertz CT molecular complexity index is 1110. The second-order valence-electron chi connectivity index (χ2n) is 6.91. The summed E-state index contributed by atoms with van der Waals surface area (Å²) in [5, 5.41) is 3.44. The SMILES string of the molecule is COc1cc(C(=O)NCc2c(C)cc(C)[nH]c2=O)ccc1OCc1ccc(Cl)cc1. The molecule has 0 saturated carbocycles. The van der Waals surface area contributed by atoms with Gasteiger partial charge in [-0.25, -0.2) is 0 Å². The molecule has 3 aromatic rings. The number of benzene rings is 2. The summed E-state index contributed by atoms with van der Waals surface area (Å²) in [4.78, 5) is 27.4. The van der Waals surface area contributed by atoms with E-state index in [-0.39, 0.29) is 18.0 Å². The molecule has 2 aromatic carbocycles. The highest BCUT2D eigenvalue weighted by atomic mass is 35.5. The van der Waals surface area contributed by atoms with Crippen LogP contribution in [0.25, 0.3) is 0 Å². The molecule has 7 heteroatoms. The Kier molecular flexibility index (Phi) is 6.79. The van der Waals surface area contributed by atoms with E-state index in [2.05, 4.69) is 10.3 Å². The summed E-state index contributed by atoms with van der Waals surface area (Å²) < 4.78 is 11.2. The number of carbonyl (C=O) groups is 1. The van der Waals surface area contributed by atoms with E-state index in [1.165, 1.54) is 7.11 Å². The zero-order chi connectivity index (χ0) is 21.7. The molecule has 6 nitrogen and oxygen atoms in total. The second-order valence-corrected chi connectivity index (χ2v) is 7.34. The largest absolute Gasteiger partial charge is 0.493 e. The average molecular weight is 427 g/mol. The van der Waals surface area contributed by atoms with Gasteiger partial charge in [0.15, 0.2) is 11.5 Å². The third kappa shape index (κ3) is 5.21. The molecular weight excluding hydrogens is 404 g/mol. The molecular formula is C23H23ClN2O4. The van der Waals surface area contributed by atoms with E-state index in [9.17, 15) is 9.59 Å². The molecule has 0 aliphatic heterocycles. The molecule has 3 rings (SSSR count). The van der Waals surface area contributed by atoms with Crippen molar-refractivity contribution in [1.82, 2.24) is 10.3 Å². The first-order chi connectivity index (χ1) is 14.4. The smallest absolute Gasteiger partial charge is 0.253 e. The monoisotopic (exact) mass is 426 g/mol. The second kappa shape index (κ2) is 9.50. The molecule has 0 aliphatic carbocycles. The quantitative estimate of drug-likeness (QED) is 0.594. The van der Waals surface area contributed by atoms with Crippen molar-refractivity contribution < 1.29 is 14.3 Å². The number of rotatable bonds is 7. The summed E-state index contributed by atoms with van der Waals surface area (Å²) in [6, 6.07) is 14.2. The Morgan fingerprint density at radius 1 is 1.07 bits per heavy atom. The number of H-pyrrole nitrogens is 1. The van der Waals surface area contributed by atoms with Gasteiger partial charge < -0.3 is 19.8 Å². The summed E-state index contributed by atoms with van der Waals surface area (Å²) in [5.74, 6) is 0.660. The van der Waals surface area contributed by atoms with Crippen LogP contribution in [0, 0.1) is 13.8 Å². The zero-order valence-corrected chi connectivity index (χ0v) is 17.8. The highest BCUT2D eigenvalue weighted by Crippen LogP contribution is 2.29. The van der Waals surface area contributed by atoms with Crippen LogP contribution in [-0.2, 0) is 13.2 Å². The van der Waals surface area contributed by atoms with Crippen molar-refractivity contribution in [2.45, 2.75) is 27.0 Å². The molecule has 0 saturated heterocycles. The van der Waals surface area contributed by atoms with Crippen LogP contribution < -0.4 is 20.3 Å². The molecule has 2 N–H and O–H groups in total. The molecule has 0 fully saturated rings. The Hall–Kier alpha value is -3.25. The van der Waals surface area contributed by atoms with Gasteiger partial charge in [0.05, 0.1) is 7.11 Å². The van der Waals surface area contributed by atoms with Gasteiger partial charge in [-0.3, -0.25) is 9.59 Å². The van der Waals surface area contributed by atoms with Gasteiger partial charge in [0, 0.05) is 28.4 Å². The molecule has 0 radical (unpaired) electrons. The van der Waals surface area contributed by atoms with Crippen LogP contribution in [0.3, 0.4) is 0 Å². The first-order valence-electron chi connectivity index (χ1n) is 9.40. The fourth-order valence-electron chi connectivity index (χ4n) is 3.04. The van der Waals surface area contributed by atoms with Crippen molar-refractivity contribution in [3.63, 3.8) is 0 Å². The van der Waals surface area contributed by atoms with Crippen LogP contribution in [0.1, 0.15) is 32.7 Å². The molecule has 1 aromatic heterocycles. The summed E-state index contributed by atoms with van der Waals surface area (Å²) in [5.41, 5.74) is 3.32. The van der Waals surface area contributed by atoms with Crippen molar-refractivity contribution in [3.8, 4) is 11.5 Å². The predicted octanol–water partition coefficient (Wildman–Crippen LogP) is 4.16. The highest BCUT2D eigenvalue weighted by molar-refractivity contribution is 6.30. The number of halogens is 1. The number of ether oxygens (including phenoxy) is 2. The molecule has 0 spiro atoms. The minimum atomic E-state index is -0.308.